The van der Waals surface area contributed by atoms with Gasteiger partial charge in [0, 0.05) is 24.7 Å². The van der Waals surface area contributed by atoms with E-state index in [1.54, 1.807) is 0 Å². The van der Waals surface area contributed by atoms with Gasteiger partial charge in [-0.3, -0.25) is 0 Å². The topological polar surface area (TPSA) is 54.2 Å². The average Bonchev–Trinajstić information content (AvgIpc) is 3.03. The van der Waals surface area contributed by atoms with E-state index in [2.05, 4.69) is 74.3 Å². The van der Waals surface area contributed by atoms with Gasteiger partial charge >= 0.3 is 0 Å². The average molecular weight is 435 g/mol. The van der Waals surface area contributed by atoms with Gasteiger partial charge in [-0.1, -0.05) is 45.9 Å². The molecule has 2 aromatic rings. The van der Waals surface area contributed by atoms with Crippen molar-refractivity contribution in [2.75, 3.05) is 31.1 Å². The number of nitrogens with zero attached hydrogens (tertiary/aromatic N) is 2. The van der Waals surface area contributed by atoms with Crippen LogP contribution >= 0.6 is 0 Å². The quantitative estimate of drug-likeness (QED) is 0.598. The summed E-state index contributed by atoms with van der Waals surface area (Å²) in [7, 11) is 0. The van der Waals surface area contributed by atoms with Crippen molar-refractivity contribution in [3.8, 4) is 11.3 Å². The fraction of sp³-hybridized carbons (Fsp3) is 0.607. The molecule has 1 saturated heterocycles. The van der Waals surface area contributed by atoms with Crippen LogP contribution in [0, 0.1) is 0 Å². The molecule has 0 radical (unpaired) electrons. The zero-order chi connectivity index (χ0) is 22.8. The van der Waals surface area contributed by atoms with E-state index in [0.717, 1.165) is 44.1 Å². The van der Waals surface area contributed by atoms with Gasteiger partial charge in [0.15, 0.2) is 0 Å². The van der Waals surface area contributed by atoms with Crippen LogP contribution in [0.15, 0.2) is 36.4 Å². The van der Waals surface area contributed by atoms with Crippen molar-refractivity contribution in [2.24, 2.45) is 5.73 Å². The minimum absolute atomic E-state index is 0.217. The summed E-state index contributed by atoms with van der Waals surface area (Å²) in [6, 6.07) is 14.2. The summed E-state index contributed by atoms with van der Waals surface area (Å²) in [6.07, 6.45) is 7.14. The van der Waals surface area contributed by atoms with Crippen LogP contribution in [0.3, 0.4) is 0 Å². The molecule has 1 aromatic carbocycles. The van der Waals surface area contributed by atoms with Gasteiger partial charge in [-0.25, -0.2) is 4.98 Å². The Bertz CT molecular complexity index is 917. The predicted octanol–water partition coefficient (Wildman–Crippen LogP) is 5.39. The molecule has 2 heterocycles. The summed E-state index contributed by atoms with van der Waals surface area (Å²) in [5.74, 6) is 1.11. The van der Waals surface area contributed by atoms with E-state index >= 15 is 0 Å². The third-order valence-corrected chi connectivity index (χ3v) is 7.75. The molecule has 0 bridgehead atoms. The van der Waals surface area contributed by atoms with E-state index in [0.29, 0.717) is 6.04 Å². The number of nitrogens with two attached hydrogens (primary N) is 1. The Kier molecular flexibility index (Phi) is 6.92. The molecule has 1 aromatic heterocycles. The van der Waals surface area contributed by atoms with Crippen LogP contribution in [0.25, 0.3) is 11.3 Å². The molecule has 3 N–H and O–H groups in total. The third-order valence-electron chi connectivity index (χ3n) is 7.75. The first-order valence-corrected chi connectivity index (χ1v) is 12.6. The van der Waals surface area contributed by atoms with Crippen molar-refractivity contribution in [2.45, 2.75) is 83.1 Å². The van der Waals surface area contributed by atoms with E-state index in [4.69, 9.17) is 10.7 Å². The SMILES string of the molecule is CC1(C)CCC(C)(C)c2cc(-c3cccc(N4CCCC(NCCCN)CC4)n3)ccc21. The standard InChI is InChI=1S/C28H42N4/c1-27(2)14-15-28(3,4)24-20-21(11-12-23(24)27)25-9-5-10-26(31-25)32-18-6-8-22(13-19-32)30-17-7-16-29/h5,9-12,20,22,30H,6-8,13-19,29H2,1-4H3. The maximum atomic E-state index is 5.64. The highest BCUT2D eigenvalue weighted by Gasteiger charge is 2.37. The summed E-state index contributed by atoms with van der Waals surface area (Å²) >= 11 is 0. The molecule has 2 aliphatic rings. The van der Waals surface area contributed by atoms with Crippen LogP contribution in [0.2, 0.25) is 0 Å². The Hall–Kier alpha value is -1.91. The van der Waals surface area contributed by atoms with Crippen LogP contribution in [0.4, 0.5) is 5.82 Å². The normalized spacial score (nSPS) is 22.3. The van der Waals surface area contributed by atoms with Gasteiger partial charge in [0.2, 0.25) is 0 Å². The number of aromatic nitrogens is 1. The van der Waals surface area contributed by atoms with Crippen molar-refractivity contribution in [3.05, 3.63) is 47.5 Å². The second-order valence-corrected chi connectivity index (χ2v) is 11.1. The summed E-state index contributed by atoms with van der Waals surface area (Å²) in [5.41, 5.74) is 11.5. The van der Waals surface area contributed by atoms with Crippen molar-refractivity contribution in [1.29, 1.82) is 0 Å². The first kappa shape index (κ1) is 23.3. The van der Waals surface area contributed by atoms with E-state index in [-0.39, 0.29) is 10.8 Å². The number of rotatable bonds is 6. The number of nitrogens with one attached hydrogen (secondary N) is 1. The molecule has 1 atom stereocenters. The largest absolute Gasteiger partial charge is 0.357 e. The summed E-state index contributed by atoms with van der Waals surface area (Å²) < 4.78 is 0. The lowest BCUT2D eigenvalue weighted by Crippen LogP contribution is -2.33. The van der Waals surface area contributed by atoms with Crippen molar-refractivity contribution >= 4 is 5.82 Å². The molecular weight excluding hydrogens is 392 g/mol. The van der Waals surface area contributed by atoms with E-state index in [1.807, 2.05) is 0 Å². The minimum Gasteiger partial charge on any atom is -0.357 e. The molecular formula is C28H42N4. The van der Waals surface area contributed by atoms with Gasteiger partial charge in [0.05, 0.1) is 5.69 Å². The minimum atomic E-state index is 0.217. The highest BCUT2D eigenvalue weighted by molar-refractivity contribution is 5.65. The van der Waals surface area contributed by atoms with Crippen LogP contribution < -0.4 is 16.0 Å². The van der Waals surface area contributed by atoms with Crippen molar-refractivity contribution < 1.29 is 0 Å². The van der Waals surface area contributed by atoms with Crippen molar-refractivity contribution in [3.63, 3.8) is 0 Å². The Balaban J connectivity index is 1.54. The van der Waals surface area contributed by atoms with Gasteiger partial charge in [-0.15, -0.1) is 0 Å². The zero-order valence-electron chi connectivity index (χ0n) is 20.6. The van der Waals surface area contributed by atoms with Gasteiger partial charge < -0.3 is 16.0 Å². The molecule has 4 heteroatoms. The molecule has 1 aliphatic carbocycles. The molecule has 1 fully saturated rings. The Morgan fingerprint density at radius 3 is 2.56 bits per heavy atom. The number of pyridine rings is 1. The molecule has 4 nitrogen and oxygen atoms in total. The number of hydrogen-bond acceptors (Lipinski definition) is 4. The van der Waals surface area contributed by atoms with Gasteiger partial charge in [-0.05, 0) is 91.8 Å². The Labute approximate surface area is 195 Å². The number of fused-ring (bicyclic) bond motifs is 1. The van der Waals surface area contributed by atoms with Gasteiger partial charge in [0.25, 0.3) is 0 Å². The molecule has 32 heavy (non-hydrogen) atoms. The van der Waals surface area contributed by atoms with E-state index < -0.39 is 0 Å². The summed E-state index contributed by atoms with van der Waals surface area (Å²) in [6.45, 7) is 13.5. The highest BCUT2D eigenvalue weighted by atomic mass is 15.2. The summed E-state index contributed by atoms with van der Waals surface area (Å²) in [4.78, 5) is 7.60. The molecule has 0 amide bonds. The van der Waals surface area contributed by atoms with Gasteiger partial charge in [0.1, 0.15) is 5.82 Å². The maximum Gasteiger partial charge on any atom is 0.129 e. The van der Waals surface area contributed by atoms with Crippen LogP contribution in [0.5, 0.6) is 0 Å². The van der Waals surface area contributed by atoms with Crippen LogP contribution in [0.1, 0.15) is 77.3 Å². The number of hydrogen-bond donors (Lipinski definition) is 2. The second kappa shape index (κ2) is 9.52. The zero-order valence-corrected chi connectivity index (χ0v) is 20.6. The van der Waals surface area contributed by atoms with E-state index in [9.17, 15) is 0 Å². The lowest BCUT2D eigenvalue weighted by Gasteiger charge is -2.42. The Morgan fingerprint density at radius 2 is 1.78 bits per heavy atom. The fourth-order valence-corrected chi connectivity index (χ4v) is 5.45. The predicted molar refractivity (Wildman–Crippen MR) is 136 cm³/mol. The summed E-state index contributed by atoms with van der Waals surface area (Å²) in [5, 5.41) is 3.69. The molecule has 174 valence electrons. The fourth-order valence-electron chi connectivity index (χ4n) is 5.45. The monoisotopic (exact) mass is 434 g/mol. The van der Waals surface area contributed by atoms with Gasteiger partial charge in [-0.2, -0.15) is 0 Å². The molecule has 0 saturated carbocycles. The van der Waals surface area contributed by atoms with E-state index in [1.165, 1.54) is 48.8 Å². The lowest BCUT2D eigenvalue weighted by atomic mass is 9.63. The molecule has 4 rings (SSSR count). The third kappa shape index (κ3) is 5.02. The molecule has 1 unspecified atom stereocenters. The lowest BCUT2D eigenvalue weighted by molar-refractivity contribution is 0.332. The smallest absolute Gasteiger partial charge is 0.129 e. The number of anilines is 1. The first-order chi connectivity index (χ1) is 15.3. The van der Waals surface area contributed by atoms with Crippen LogP contribution in [-0.2, 0) is 10.8 Å². The Morgan fingerprint density at radius 1 is 1.00 bits per heavy atom. The molecule has 1 aliphatic heterocycles. The number of benzene rings is 1. The first-order valence-electron chi connectivity index (χ1n) is 12.6. The highest BCUT2D eigenvalue weighted by Crippen LogP contribution is 2.46. The van der Waals surface area contributed by atoms with Crippen LogP contribution in [-0.4, -0.2) is 37.2 Å². The molecule has 0 spiro atoms. The van der Waals surface area contributed by atoms with Crippen molar-refractivity contribution in [1.82, 2.24) is 10.3 Å². The second-order valence-electron chi connectivity index (χ2n) is 11.1. The maximum absolute atomic E-state index is 5.64.